The van der Waals surface area contributed by atoms with E-state index in [1.54, 1.807) is 12.4 Å². The van der Waals surface area contributed by atoms with Gasteiger partial charge in [0.2, 0.25) is 0 Å². The molecule has 0 spiro atoms. The minimum Gasteiger partial charge on any atom is -0.367 e. The van der Waals surface area contributed by atoms with Gasteiger partial charge in [-0.1, -0.05) is 6.07 Å². The Morgan fingerprint density at radius 3 is 2.73 bits per heavy atom. The summed E-state index contributed by atoms with van der Waals surface area (Å²) in [4.78, 5) is 24.0. The Balaban J connectivity index is 1.55. The van der Waals surface area contributed by atoms with Gasteiger partial charge in [-0.3, -0.25) is 9.78 Å². The maximum Gasteiger partial charge on any atom is 0.145 e. The molecule has 1 fully saturated rings. The molecule has 0 unspecified atom stereocenters. The third-order valence-electron chi connectivity index (χ3n) is 5.53. The Kier molecular flexibility index (Phi) is 5.99. The highest BCUT2D eigenvalue weighted by Gasteiger charge is 2.23. The molecule has 3 aromatic rings. The predicted octanol–water partition coefficient (Wildman–Crippen LogP) is 3.36. The van der Waals surface area contributed by atoms with Crippen LogP contribution in [-0.4, -0.2) is 57.0 Å². The highest BCUT2D eigenvalue weighted by Crippen LogP contribution is 2.24. The maximum absolute atomic E-state index is 12.7. The number of benzene rings is 1. The molecule has 1 aromatic carbocycles. The average molecular weight is 405 g/mol. The molecule has 3 heterocycles. The molecule has 0 aliphatic carbocycles. The van der Waals surface area contributed by atoms with Crippen LogP contribution in [0.2, 0.25) is 0 Å². The van der Waals surface area contributed by atoms with E-state index in [1.165, 1.54) is 0 Å². The Morgan fingerprint density at radius 1 is 1.17 bits per heavy atom. The van der Waals surface area contributed by atoms with E-state index in [2.05, 4.69) is 51.3 Å². The quantitative estimate of drug-likeness (QED) is 0.674. The Morgan fingerprint density at radius 2 is 1.97 bits per heavy atom. The first-order chi connectivity index (χ1) is 14.5. The van der Waals surface area contributed by atoms with Crippen LogP contribution < -0.4 is 5.32 Å². The molecule has 4 rings (SSSR count). The van der Waals surface area contributed by atoms with Crippen LogP contribution in [0.1, 0.15) is 32.4 Å². The van der Waals surface area contributed by atoms with E-state index in [-0.39, 0.29) is 17.7 Å². The number of nitrogens with one attached hydrogen (secondary N) is 1. The molecular weight excluding hydrogens is 376 g/mol. The number of anilines is 1. The molecule has 1 aliphatic rings. The number of carbonyl (C=O) groups is 1. The maximum atomic E-state index is 12.7. The molecule has 156 valence electrons. The van der Waals surface area contributed by atoms with Crippen molar-refractivity contribution in [3.05, 3.63) is 42.4 Å². The average Bonchev–Trinajstić information content (AvgIpc) is 2.73. The Labute approximate surface area is 176 Å². The summed E-state index contributed by atoms with van der Waals surface area (Å²) >= 11 is 0. The Hall–Kier alpha value is -2.93. The second-order valence-corrected chi connectivity index (χ2v) is 8.42. The van der Waals surface area contributed by atoms with E-state index in [4.69, 9.17) is 0 Å². The third-order valence-corrected chi connectivity index (χ3v) is 5.53. The molecule has 0 amide bonds. The van der Waals surface area contributed by atoms with Crippen LogP contribution in [0.25, 0.3) is 22.2 Å². The van der Waals surface area contributed by atoms with E-state index in [9.17, 15) is 4.79 Å². The first-order valence-electron chi connectivity index (χ1n) is 10.5. The first kappa shape index (κ1) is 20.3. The fourth-order valence-corrected chi connectivity index (χ4v) is 3.86. The van der Waals surface area contributed by atoms with Crippen LogP contribution in [0.4, 0.5) is 5.82 Å². The molecule has 1 aliphatic heterocycles. The van der Waals surface area contributed by atoms with Gasteiger partial charge in [0, 0.05) is 22.9 Å². The molecule has 30 heavy (non-hydrogen) atoms. The van der Waals surface area contributed by atoms with Crippen molar-refractivity contribution >= 4 is 22.5 Å². The lowest BCUT2D eigenvalue weighted by Crippen LogP contribution is -2.34. The number of likely N-dealkylation sites (tertiary alicyclic amines) is 1. The molecule has 0 radical (unpaired) electrons. The minimum atomic E-state index is 0.136. The summed E-state index contributed by atoms with van der Waals surface area (Å²) in [5.41, 5.74) is 3.29. The van der Waals surface area contributed by atoms with Crippen LogP contribution in [0.15, 0.2) is 36.7 Å². The lowest BCUT2D eigenvalue weighted by molar-refractivity contribution is -0.123. The van der Waals surface area contributed by atoms with Crippen molar-refractivity contribution in [1.82, 2.24) is 25.1 Å². The van der Waals surface area contributed by atoms with E-state index in [0.717, 1.165) is 59.6 Å². The fraction of sp³-hybridized carbons (Fsp3) is 0.435. The number of hydrogen-bond donors (Lipinski definition) is 1. The van der Waals surface area contributed by atoms with Gasteiger partial charge in [-0.05, 0) is 65.0 Å². The largest absolute Gasteiger partial charge is 0.367 e. The number of nitrogens with zero attached hydrogens (tertiary/aromatic N) is 5. The summed E-state index contributed by atoms with van der Waals surface area (Å²) in [6, 6.07) is 8.21. The minimum absolute atomic E-state index is 0.136. The van der Waals surface area contributed by atoms with Gasteiger partial charge in [0.1, 0.15) is 11.6 Å². The summed E-state index contributed by atoms with van der Waals surface area (Å²) in [6.45, 7) is 6.10. The van der Waals surface area contributed by atoms with Crippen LogP contribution in [0.5, 0.6) is 0 Å². The van der Waals surface area contributed by atoms with Crippen molar-refractivity contribution in [2.75, 3.05) is 25.5 Å². The zero-order valence-corrected chi connectivity index (χ0v) is 17.8. The molecule has 7 heteroatoms. The molecule has 2 aromatic heterocycles. The van der Waals surface area contributed by atoms with Crippen molar-refractivity contribution in [2.45, 2.75) is 39.2 Å². The summed E-state index contributed by atoms with van der Waals surface area (Å²) in [7, 11) is 2.10. The number of fused-ring (bicyclic) bond motifs is 1. The van der Waals surface area contributed by atoms with Crippen molar-refractivity contribution in [1.29, 1.82) is 0 Å². The lowest BCUT2D eigenvalue weighted by atomic mass is 9.90. The standard InChI is InChI=1S/C23H28N6O/c1-15(2)25-23-14-24-13-21(26-23)17-4-5-20-18(10-17)11-19(27-28-20)12-22(30)16-6-8-29(3)9-7-16/h4-5,10-11,13-16H,6-9,12H2,1-3H3,(H,25,26). The van der Waals surface area contributed by atoms with E-state index in [0.29, 0.717) is 6.42 Å². The van der Waals surface area contributed by atoms with Gasteiger partial charge >= 0.3 is 0 Å². The smallest absolute Gasteiger partial charge is 0.145 e. The highest BCUT2D eigenvalue weighted by atomic mass is 16.1. The van der Waals surface area contributed by atoms with Crippen molar-refractivity contribution in [3.8, 4) is 11.3 Å². The van der Waals surface area contributed by atoms with E-state index >= 15 is 0 Å². The number of hydrogen-bond acceptors (Lipinski definition) is 7. The zero-order valence-electron chi connectivity index (χ0n) is 17.8. The molecular formula is C23H28N6O. The molecule has 7 nitrogen and oxygen atoms in total. The highest BCUT2D eigenvalue weighted by molar-refractivity contribution is 5.86. The Bertz CT molecular complexity index is 1040. The topological polar surface area (TPSA) is 83.9 Å². The predicted molar refractivity (Wildman–Crippen MR) is 118 cm³/mol. The van der Waals surface area contributed by atoms with Crippen LogP contribution in [-0.2, 0) is 11.2 Å². The second-order valence-electron chi connectivity index (χ2n) is 8.42. The fourth-order valence-electron chi connectivity index (χ4n) is 3.86. The summed E-state index contributed by atoms with van der Waals surface area (Å²) < 4.78 is 0. The molecule has 1 N–H and O–H groups in total. The van der Waals surface area contributed by atoms with Gasteiger partial charge in [-0.15, -0.1) is 0 Å². The van der Waals surface area contributed by atoms with Crippen molar-refractivity contribution in [3.63, 3.8) is 0 Å². The van der Waals surface area contributed by atoms with Crippen molar-refractivity contribution < 1.29 is 4.79 Å². The SMILES string of the molecule is CC(C)Nc1cncc(-c2ccc3nnc(CC(=O)C4CCN(C)CC4)cc3c2)n1. The van der Waals surface area contributed by atoms with Crippen molar-refractivity contribution in [2.24, 2.45) is 5.92 Å². The molecule has 1 saturated heterocycles. The molecule has 0 bridgehead atoms. The van der Waals surface area contributed by atoms with Gasteiger partial charge in [-0.2, -0.15) is 10.2 Å². The summed E-state index contributed by atoms with van der Waals surface area (Å²) in [5.74, 6) is 1.16. The van der Waals surface area contributed by atoms with Gasteiger partial charge in [-0.25, -0.2) is 4.98 Å². The molecule has 0 saturated carbocycles. The van der Waals surface area contributed by atoms with Gasteiger partial charge in [0.05, 0.1) is 35.7 Å². The number of ketones is 1. The second kappa shape index (κ2) is 8.83. The third kappa shape index (κ3) is 4.79. The first-order valence-corrected chi connectivity index (χ1v) is 10.5. The van der Waals surface area contributed by atoms with Crippen LogP contribution in [0, 0.1) is 5.92 Å². The summed E-state index contributed by atoms with van der Waals surface area (Å²) in [5, 5.41) is 12.8. The normalized spacial score (nSPS) is 15.6. The number of Topliss-reactive ketones (excluding diaryl/α,β-unsaturated/α-hetero) is 1. The monoisotopic (exact) mass is 404 g/mol. The number of piperidine rings is 1. The van der Waals surface area contributed by atoms with Gasteiger partial charge < -0.3 is 10.2 Å². The van der Waals surface area contributed by atoms with Gasteiger partial charge in [0.25, 0.3) is 0 Å². The number of carbonyl (C=O) groups excluding carboxylic acids is 1. The van der Waals surface area contributed by atoms with Crippen LogP contribution in [0.3, 0.4) is 0 Å². The summed E-state index contributed by atoms with van der Waals surface area (Å²) in [6.07, 6.45) is 5.68. The van der Waals surface area contributed by atoms with E-state index < -0.39 is 0 Å². The van der Waals surface area contributed by atoms with Gasteiger partial charge in [0.15, 0.2) is 0 Å². The number of rotatable bonds is 6. The zero-order chi connectivity index (χ0) is 21.1. The number of aromatic nitrogens is 4. The van der Waals surface area contributed by atoms with E-state index in [1.807, 2.05) is 24.3 Å². The lowest BCUT2D eigenvalue weighted by Gasteiger charge is -2.27. The van der Waals surface area contributed by atoms with Crippen LogP contribution >= 0.6 is 0 Å². The molecule has 0 atom stereocenters.